The van der Waals surface area contributed by atoms with E-state index in [-0.39, 0.29) is 17.5 Å². The molecule has 2 fully saturated rings. The maximum absolute atomic E-state index is 14.1. The van der Waals surface area contributed by atoms with Crippen molar-refractivity contribution in [3.8, 4) is 11.1 Å². The molecule has 2 N–H and O–H groups in total. The molecule has 2 aliphatic rings. The van der Waals surface area contributed by atoms with Crippen LogP contribution in [0.2, 0.25) is 0 Å². The summed E-state index contributed by atoms with van der Waals surface area (Å²) >= 11 is 0. The lowest BCUT2D eigenvalue weighted by Crippen LogP contribution is -2.57. The van der Waals surface area contributed by atoms with Gasteiger partial charge in [0.05, 0.1) is 17.7 Å². The molecule has 4 heterocycles. The Balaban J connectivity index is 1.29. The number of amides is 3. The number of aromatic nitrogens is 4. The molecule has 0 radical (unpaired) electrons. The van der Waals surface area contributed by atoms with Gasteiger partial charge in [-0.25, -0.2) is 34.3 Å². The average Bonchev–Trinajstić information content (AvgIpc) is 3.51. The Hall–Kier alpha value is -4.90. The molecule has 0 bridgehead atoms. The van der Waals surface area contributed by atoms with Crippen molar-refractivity contribution in [1.82, 2.24) is 24.8 Å². The fourth-order valence-electron chi connectivity index (χ4n) is 5.39. The molecule has 2 aromatic heterocycles. The van der Waals surface area contributed by atoms with Gasteiger partial charge >= 0.3 is 12.0 Å². The number of imidazole rings is 1. The number of aromatic amines is 1. The number of H-pyrrole nitrogens is 1. The average molecular weight is 524 g/mol. The molecular weight excluding hydrogens is 498 g/mol. The minimum absolute atomic E-state index is 0.0214. The summed E-state index contributed by atoms with van der Waals surface area (Å²) in [5.41, 5.74) is 1.81. The molecule has 196 valence electrons. The standard InChI is InChI=1S/C28H25N7O4/c36-24(37)23-22(31-18-32-23)17-33-15-11-28(12-16-33)25(38)34(27(39)35(28)26-29-13-4-14-30-26)21-9-7-20(8-10-21)19-5-2-1-3-6-19/h1-10,13-14,18H,11-12,15-17H2,(H,31,32)(H,36,37). The van der Waals surface area contributed by atoms with Gasteiger partial charge in [-0.3, -0.25) is 9.69 Å². The number of urea groups is 1. The molecule has 39 heavy (non-hydrogen) atoms. The van der Waals surface area contributed by atoms with Crippen LogP contribution in [-0.4, -0.2) is 66.5 Å². The largest absolute Gasteiger partial charge is 0.476 e. The molecular formula is C28H25N7O4. The summed E-state index contributed by atoms with van der Waals surface area (Å²) < 4.78 is 0. The maximum Gasteiger partial charge on any atom is 0.356 e. The van der Waals surface area contributed by atoms with E-state index >= 15 is 0 Å². The zero-order valence-electron chi connectivity index (χ0n) is 20.9. The molecule has 11 heteroatoms. The van der Waals surface area contributed by atoms with Gasteiger partial charge in [-0.1, -0.05) is 42.5 Å². The number of hydrogen-bond donors (Lipinski definition) is 2. The van der Waals surface area contributed by atoms with Crippen molar-refractivity contribution in [2.24, 2.45) is 0 Å². The zero-order chi connectivity index (χ0) is 27.0. The van der Waals surface area contributed by atoms with E-state index in [1.54, 1.807) is 30.6 Å². The van der Waals surface area contributed by atoms with Crippen molar-refractivity contribution in [2.45, 2.75) is 24.9 Å². The SMILES string of the molecule is O=C(O)c1nc[nH]c1CN1CCC2(CC1)C(=O)N(c1ccc(-c3ccccc3)cc1)C(=O)N2c1ncccn1. The molecule has 2 saturated heterocycles. The van der Waals surface area contributed by atoms with Crippen molar-refractivity contribution < 1.29 is 19.5 Å². The van der Waals surface area contributed by atoms with Crippen LogP contribution in [0.3, 0.4) is 0 Å². The first kappa shape index (κ1) is 24.4. The molecule has 0 saturated carbocycles. The topological polar surface area (TPSA) is 136 Å². The number of benzene rings is 2. The molecule has 1 spiro atoms. The predicted molar refractivity (Wildman–Crippen MR) is 142 cm³/mol. The first-order valence-electron chi connectivity index (χ1n) is 12.6. The van der Waals surface area contributed by atoms with Crippen molar-refractivity contribution >= 4 is 29.5 Å². The number of carbonyl (C=O) groups excluding carboxylic acids is 2. The number of nitrogens with zero attached hydrogens (tertiary/aromatic N) is 6. The highest BCUT2D eigenvalue weighted by atomic mass is 16.4. The summed E-state index contributed by atoms with van der Waals surface area (Å²) in [4.78, 5) is 59.5. The fraction of sp³-hybridized carbons (Fsp3) is 0.214. The third kappa shape index (κ3) is 4.22. The molecule has 3 amide bonds. The number of imide groups is 1. The monoisotopic (exact) mass is 523 g/mol. The number of carbonyl (C=O) groups is 3. The van der Waals surface area contributed by atoms with Crippen LogP contribution < -0.4 is 9.80 Å². The summed E-state index contributed by atoms with van der Waals surface area (Å²) in [5, 5.41) is 9.39. The summed E-state index contributed by atoms with van der Waals surface area (Å²) in [5.74, 6) is -1.24. The molecule has 0 unspecified atom stereocenters. The van der Waals surface area contributed by atoms with Crippen LogP contribution in [0.15, 0.2) is 79.4 Å². The number of carboxylic acids is 1. The molecule has 0 atom stereocenters. The third-order valence-corrected chi connectivity index (χ3v) is 7.38. The lowest BCUT2D eigenvalue weighted by atomic mass is 9.85. The summed E-state index contributed by atoms with van der Waals surface area (Å²) in [6.45, 7) is 1.26. The lowest BCUT2D eigenvalue weighted by Gasteiger charge is -2.41. The number of anilines is 2. The molecule has 2 aliphatic heterocycles. The molecule has 0 aliphatic carbocycles. The number of carboxylic acid groups (broad SMARTS) is 1. The van der Waals surface area contributed by atoms with E-state index < -0.39 is 17.5 Å². The smallest absolute Gasteiger partial charge is 0.356 e. The second-order valence-corrected chi connectivity index (χ2v) is 9.56. The Bertz CT molecular complexity index is 1510. The van der Waals surface area contributed by atoms with Gasteiger partial charge in [-0.2, -0.15) is 0 Å². The van der Waals surface area contributed by atoms with Gasteiger partial charge in [0.1, 0.15) is 5.54 Å². The Morgan fingerprint density at radius 2 is 1.56 bits per heavy atom. The third-order valence-electron chi connectivity index (χ3n) is 7.38. The molecule has 6 rings (SSSR count). The van der Waals surface area contributed by atoms with Gasteiger partial charge in [-0.15, -0.1) is 0 Å². The Kier molecular flexibility index (Phi) is 6.12. The van der Waals surface area contributed by atoms with E-state index in [1.807, 2.05) is 47.4 Å². The van der Waals surface area contributed by atoms with E-state index in [1.165, 1.54) is 16.1 Å². The number of nitrogens with one attached hydrogen (secondary N) is 1. The Morgan fingerprint density at radius 3 is 2.23 bits per heavy atom. The van der Waals surface area contributed by atoms with Crippen LogP contribution in [0.1, 0.15) is 29.0 Å². The van der Waals surface area contributed by atoms with Gasteiger partial charge in [0, 0.05) is 32.0 Å². The Morgan fingerprint density at radius 1 is 0.897 bits per heavy atom. The van der Waals surface area contributed by atoms with Crippen LogP contribution in [0.5, 0.6) is 0 Å². The van der Waals surface area contributed by atoms with Crippen LogP contribution in [0.4, 0.5) is 16.4 Å². The fourth-order valence-corrected chi connectivity index (χ4v) is 5.39. The maximum atomic E-state index is 14.1. The normalized spacial score (nSPS) is 17.2. The minimum Gasteiger partial charge on any atom is -0.476 e. The number of rotatable bonds is 6. The number of likely N-dealkylation sites (tertiary alicyclic amines) is 1. The molecule has 11 nitrogen and oxygen atoms in total. The number of piperidine rings is 1. The molecule has 2 aromatic carbocycles. The summed E-state index contributed by atoms with van der Waals surface area (Å²) in [6, 6.07) is 18.4. The second kappa shape index (κ2) is 9.76. The van der Waals surface area contributed by atoms with E-state index in [0.29, 0.717) is 43.9 Å². The lowest BCUT2D eigenvalue weighted by molar-refractivity contribution is -0.123. The van der Waals surface area contributed by atoms with Crippen molar-refractivity contribution in [2.75, 3.05) is 22.9 Å². The Labute approximate surface area is 223 Å². The number of hydrogen-bond acceptors (Lipinski definition) is 7. The zero-order valence-corrected chi connectivity index (χ0v) is 20.9. The van der Waals surface area contributed by atoms with E-state index in [2.05, 4.69) is 19.9 Å². The van der Waals surface area contributed by atoms with Gasteiger partial charge in [-0.05, 0) is 42.2 Å². The summed E-state index contributed by atoms with van der Waals surface area (Å²) in [6.07, 6.45) is 5.13. The molecule has 4 aromatic rings. The predicted octanol–water partition coefficient (Wildman–Crippen LogP) is 3.57. The number of aromatic carboxylic acids is 1. The van der Waals surface area contributed by atoms with Crippen LogP contribution in [-0.2, 0) is 11.3 Å². The summed E-state index contributed by atoms with van der Waals surface area (Å²) in [7, 11) is 0. The first-order valence-corrected chi connectivity index (χ1v) is 12.6. The highest BCUT2D eigenvalue weighted by Crippen LogP contribution is 2.41. The van der Waals surface area contributed by atoms with E-state index in [0.717, 1.165) is 11.1 Å². The highest BCUT2D eigenvalue weighted by molar-refractivity contribution is 6.30. The van der Waals surface area contributed by atoms with E-state index in [4.69, 9.17) is 0 Å². The first-order chi connectivity index (χ1) is 19.0. The van der Waals surface area contributed by atoms with Crippen LogP contribution in [0.25, 0.3) is 11.1 Å². The van der Waals surface area contributed by atoms with Crippen LogP contribution in [0, 0.1) is 0 Å². The quantitative estimate of drug-likeness (QED) is 0.366. The van der Waals surface area contributed by atoms with Crippen molar-refractivity contribution in [1.29, 1.82) is 0 Å². The van der Waals surface area contributed by atoms with Gasteiger partial charge in [0.25, 0.3) is 5.91 Å². The highest BCUT2D eigenvalue weighted by Gasteiger charge is 2.60. The van der Waals surface area contributed by atoms with Crippen LogP contribution >= 0.6 is 0 Å². The van der Waals surface area contributed by atoms with Gasteiger partial charge < -0.3 is 10.1 Å². The van der Waals surface area contributed by atoms with Crippen molar-refractivity contribution in [3.63, 3.8) is 0 Å². The van der Waals surface area contributed by atoms with Gasteiger partial charge in [0.15, 0.2) is 5.69 Å². The minimum atomic E-state index is -1.16. The van der Waals surface area contributed by atoms with Gasteiger partial charge in [0.2, 0.25) is 5.95 Å². The van der Waals surface area contributed by atoms with E-state index in [9.17, 15) is 19.5 Å². The van der Waals surface area contributed by atoms with Crippen molar-refractivity contribution in [3.05, 3.63) is 90.8 Å². The second-order valence-electron chi connectivity index (χ2n) is 9.56.